The molecule has 5 nitrogen and oxygen atoms in total. The van der Waals surface area contributed by atoms with Crippen molar-refractivity contribution in [2.75, 3.05) is 32.8 Å². The van der Waals surface area contributed by atoms with E-state index in [4.69, 9.17) is 9.84 Å². The molecule has 0 aromatic carbocycles. The molecular formula is C12H18N2O3. The SMILES string of the molecule is Cc1ccn(CCN2CCOCC2)c1C(=O)O. The third-order valence-corrected chi connectivity index (χ3v) is 3.13. The molecule has 0 aliphatic carbocycles. The van der Waals surface area contributed by atoms with Gasteiger partial charge in [-0.15, -0.1) is 0 Å². The summed E-state index contributed by atoms with van der Waals surface area (Å²) >= 11 is 0. The van der Waals surface area contributed by atoms with E-state index in [-0.39, 0.29) is 0 Å². The van der Waals surface area contributed by atoms with Crippen LogP contribution in [0, 0.1) is 6.92 Å². The Hall–Kier alpha value is -1.33. The first-order valence-electron chi connectivity index (χ1n) is 5.87. The molecule has 17 heavy (non-hydrogen) atoms. The quantitative estimate of drug-likeness (QED) is 0.844. The van der Waals surface area contributed by atoms with E-state index in [9.17, 15) is 4.79 Å². The van der Waals surface area contributed by atoms with Gasteiger partial charge in [0.25, 0.3) is 0 Å². The average molecular weight is 238 g/mol. The van der Waals surface area contributed by atoms with Gasteiger partial charge in [-0.25, -0.2) is 4.79 Å². The maximum atomic E-state index is 11.1. The highest BCUT2D eigenvalue weighted by Gasteiger charge is 2.15. The second-order valence-electron chi connectivity index (χ2n) is 4.30. The van der Waals surface area contributed by atoms with Gasteiger partial charge in [-0.1, -0.05) is 0 Å². The lowest BCUT2D eigenvalue weighted by Gasteiger charge is -2.26. The maximum absolute atomic E-state index is 11.1. The first-order valence-corrected chi connectivity index (χ1v) is 5.87. The van der Waals surface area contributed by atoms with E-state index in [1.54, 1.807) is 0 Å². The van der Waals surface area contributed by atoms with Crippen molar-refractivity contribution in [1.29, 1.82) is 0 Å². The highest BCUT2D eigenvalue weighted by molar-refractivity contribution is 5.87. The second kappa shape index (κ2) is 5.33. The van der Waals surface area contributed by atoms with Crippen LogP contribution in [-0.4, -0.2) is 53.4 Å². The summed E-state index contributed by atoms with van der Waals surface area (Å²) in [5.41, 5.74) is 1.22. The van der Waals surface area contributed by atoms with Crippen LogP contribution < -0.4 is 0 Å². The number of carboxylic acid groups (broad SMARTS) is 1. The number of hydrogen-bond acceptors (Lipinski definition) is 3. The summed E-state index contributed by atoms with van der Waals surface area (Å²) in [6.45, 7) is 6.83. The van der Waals surface area contributed by atoms with Crippen molar-refractivity contribution in [2.24, 2.45) is 0 Å². The summed E-state index contributed by atoms with van der Waals surface area (Å²) in [6.07, 6.45) is 1.85. The zero-order valence-electron chi connectivity index (χ0n) is 10.1. The average Bonchev–Trinajstić information content (AvgIpc) is 2.69. The summed E-state index contributed by atoms with van der Waals surface area (Å²) < 4.78 is 7.09. The number of morpholine rings is 1. The van der Waals surface area contributed by atoms with Gasteiger partial charge in [-0.3, -0.25) is 4.90 Å². The van der Waals surface area contributed by atoms with E-state index >= 15 is 0 Å². The van der Waals surface area contributed by atoms with E-state index in [0.717, 1.165) is 45.0 Å². The molecule has 0 bridgehead atoms. The van der Waals surface area contributed by atoms with Gasteiger partial charge >= 0.3 is 5.97 Å². The van der Waals surface area contributed by atoms with Crippen LogP contribution >= 0.6 is 0 Å². The predicted molar refractivity (Wildman–Crippen MR) is 63.4 cm³/mol. The van der Waals surface area contributed by atoms with Gasteiger partial charge < -0.3 is 14.4 Å². The van der Waals surface area contributed by atoms with E-state index in [1.807, 2.05) is 23.8 Å². The molecule has 2 rings (SSSR count). The fourth-order valence-corrected chi connectivity index (χ4v) is 2.13. The van der Waals surface area contributed by atoms with E-state index in [1.165, 1.54) is 0 Å². The summed E-state index contributed by atoms with van der Waals surface area (Å²) in [5, 5.41) is 9.12. The molecule has 0 saturated carbocycles. The van der Waals surface area contributed by atoms with Gasteiger partial charge in [0.2, 0.25) is 0 Å². The largest absolute Gasteiger partial charge is 0.477 e. The lowest BCUT2D eigenvalue weighted by molar-refractivity contribution is 0.0361. The molecule has 0 spiro atoms. The molecule has 0 radical (unpaired) electrons. The Morgan fingerprint density at radius 3 is 2.76 bits per heavy atom. The van der Waals surface area contributed by atoms with Crippen LogP contribution in [0.1, 0.15) is 16.1 Å². The summed E-state index contributed by atoms with van der Waals surface area (Å²) in [5.74, 6) is -0.852. The lowest BCUT2D eigenvalue weighted by Crippen LogP contribution is -2.38. The number of aromatic nitrogens is 1. The number of aromatic carboxylic acids is 1. The molecule has 1 aliphatic rings. The molecule has 0 atom stereocenters. The number of ether oxygens (including phenoxy) is 1. The fraction of sp³-hybridized carbons (Fsp3) is 0.583. The molecule has 1 aliphatic heterocycles. The Labute approximate surface area is 101 Å². The van der Waals surface area contributed by atoms with Crippen molar-refractivity contribution in [3.63, 3.8) is 0 Å². The van der Waals surface area contributed by atoms with Gasteiger partial charge in [0.05, 0.1) is 13.2 Å². The fourth-order valence-electron chi connectivity index (χ4n) is 2.13. The number of hydrogen-bond donors (Lipinski definition) is 1. The molecule has 1 fully saturated rings. The standard InChI is InChI=1S/C12H18N2O3/c1-10-2-3-14(11(10)12(15)16)5-4-13-6-8-17-9-7-13/h2-3H,4-9H2,1H3,(H,15,16). The number of nitrogens with zero attached hydrogens (tertiary/aromatic N) is 2. The number of carbonyl (C=O) groups is 1. The van der Waals surface area contributed by atoms with E-state index in [0.29, 0.717) is 5.69 Å². The molecule has 5 heteroatoms. The minimum absolute atomic E-state index is 0.401. The minimum atomic E-state index is -0.852. The Morgan fingerprint density at radius 2 is 2.12 bits per heavy atom. The van der Waals surface area contributed by atoms with E-state index in [2.05, 4.69) is 4.90 Å². The van der Waals surface area contributed by atoms with Crippen LogP contribution in [0.3, 0.4) is 0 Å². The van der Waals surface area contributed by atoms with Crippen LogP contribution in [0.25, 0.3) is 0 Å². The Morgan fingerprint density at radius 1 is 1.41 bits per heavy atom. The van der Waals surface area contributed by atoms with Gasteiger partial charge in [0.1, 0.15) is 5.69 Å². The summed E-state index contributed by atoms with van der Waals surface area (Å²) in [7, 11) is 0. The Kier molecular flexibility index (Phi) is 3.81. The van der Waals surface area contributed by atoms with Crippen molar-refractivity contribution in [3.8, 4) is 0 Å². The molecule has 0 unspecified atom stereocenters. The van der Waals surface area contributed by atoms with Crippen LogP contribution in [-0.2, 0) is 11.3 Å². The van der Waals surface area contributed by atoms with Crippen molar-refractivity contribution in [2.45, 2.75) is 13.5 Å². The summed E-state index contributed by atoms with van der Waals surface area (Å²) in [6, 6.07) is 1.85. The van der Waals surface area contributed by atoms with Crippen LogP contribution in [0.4, 0.5) is 0 Å². The van der Waals surface area contributed by atoms with Gasteiger partial charge in [-0.2, -0.15) is 0 Å². The first-order chi connectivity index (χ1) is 8.18. The number of rotatable bonds is 4. The normalized spacial score (nSPS) is 17.2. The van der Waals surface area contributed by atoms with Crippen LogP contribution in [0.5, 0.6) is 0 Å². The third-order valence-electron chi connectivity index (χ3n) is 3.13. The van der Waals surface area contributed by atoms with Gasteiger partial charge in [0.15, 0.2) is 0 Å². The van der Waals surface area contributed by atoms with Gasteiger partial charge in [-0.05, 0) is 18.6 Å². The van der Waals surface area contributed by atoms with Gasteiger partial charge in [0, 0.05) is 32.4 Å². The molecule has 1 N–H and O–H groups in total. The maximum Gasteiger partial charge on any atom is 0.352 e. The zero-order chi connectivity index (χ0) is 12.3. The molecule has 1 aromatic heterocycles. The van der Waals surface area contributed by atoms with Crippen molar-refractivity contribution >= 4 is 5.97 Å². The first kappa shape index (κ1) is 12.1. The number of carboxylic acids is 1. The topological polar surface area (TPSA) is 54.7 Å². The molecule has 1 saturated heterocycles. The molecule has 0 amide bonds. The predicted octanol–water partition coefficient (Wildman–Crippen LogP) is 0.827. The van der Waals surface area contributed by atoms with Crippen LogP contribution in [0.2, 0.25) is 0 Å². The highest BCUT2D eigenvalue weighted by atomic mass is 16.5. The zero-order valence-corrected chi connectivity index (χ0v) is 10.1. The Bertz CT molecular complexity index is 394. The minimum Gasteiger partial charge on any atom is -0.477 e. The molecular weight excluding hydrogens is 220 g/mol. The second-order valence-corrected chi connectivity index (χ2v) is 4.30. The van der Waals surface area contributed by atoms with Crippen molar-refractivity contribution in [3.05, 3.63) is 23.5 Å². The van der Waals surface area contributed by atoms with Crippen LogP contribution in [0.15, 0.2) is 12.3 Å². The molecule has 1 aromatic rings. The van der Waals surface area contributed by atoms with E-state index < -0.39 is 5.97 Å². The van der Waals surface area contributed by atoms with Crippen molar-refractivity contribution in [1.82, 2.24) is 9.47 Å². The highest BCUT2D eigenvalue weighted by Crippen LogP contribution is 2.10. The Balaban J connectivity index is 1.96. The number of aryl methyl sites for hydroxylation is 1. The third kappa shape index (κ3) is 2.87. The molecule has 2 heterocycles. The lowest BCUT2D eigenvalue weighted by atomic mass is 10.3. The smallest absolute Gasteiger partial charge is 0.352 e. The monoisotopic (exact) mass is 238 g/mol. The molecule has 94 valence electrons. The van der Waals surface area contributed by atoms with Crippen molar-refractivity contribution < 1.29 is 14.6 Å². The summed E-state index contributed by atoms with van der Waals surface area (Å²) in [4.78, 5) is 13.4.